The lowest BCUT2D eigenvalue weighted by atomic mass is 9.69. The molecule has 2 saturated carbocycles. The number of rotatable bonds is 3. The Morgan fingerprint density at radius 3 is 2.56 bits per heavy atom. The summed E-state index contributed by atoms with van der Waals surface area (Å²) in [6.07, 6.45) is -0.461. The summed E-state index contributed by atoms with van der Waals surface area (Å²) >= 11 is 0. The minimum absolute atomic E-state index is 0.00440. The standard InChI is InChI=1S/C18H23F3N2O2/c1-16(2)11-6-7-17(16,3)13(9-11)22-14(24)10-23-8-4-5-12(15(23)25)18(19,20)21/h4-5,8,11,13H,6-7,9-10H2,1-3H3,(H,22,24)/t11-,13+,17-/m0/s1. The molecule has 0 radical (unpaired) electrons. The summed E-state index contributed by atoms with van der Waals surface area (Å²) < 4.78 is 39.3. The van der Waals surface area contributed by atoms with Crippen molar-refractivity contribution in [1.29, 1.82) is 0 Å². The summed E-state index contributed by atoms with van der Waals surface area (Å²) in [4.78, 5) is 24.3. The van der Waals surface area contributed by atoms with Gasteiger partial charge in [0, 0.05) is 12.2 Å². The number of hydrogen-bond donors (Lipinski definition) is 1. The van der Waals surface area contributed by atoms with Crippen molar-refractivity contribution in [3.05, 3.63) is 34.2 Å². The highest BCUT2D eigenvalue weighted by atomic mass is 19.4. The van der Waals surface area contributed by atoms with Crippen LogP contribution in [-0.4, -0.2) is 16.5 Å². The molecule has 2 fully saturated rings. The van der Waals surface area contributed by atoms with E-state index in [9.17, 15) is 22.8 Å². The second-order valence-corrected chi connectivity index (χ2v) is 8.08. The first-order valence-corrected chi connectivity index (χ1v) is 8.53. The summed E-state index contributed by atoms with van der Waals surface area (Å²) in [6, 6.07) is 1.87. The normalized spacial score (nSPS) is 30.5. The molecule has 1 aromatic heterocycles. The molecule has 0 aromatic carbocycles. The number of pyridine rings is 1. The van der Waals surface area contributed by atoms with Crippen molar-refractivity contribution in [2.75, 3.05) is 0 Å². The molecule has 4 nitrogen and oxygen atoms in total. The Labute approximate surface area is 144 Å². The number of hydrogen-bond acceptors (Lipinski definition) is 2. The third kappa shape index (κ3) is 2.77. The summed E-state index contributed by atoms with van der Waals surface area (Å²) in [5.74, 6) is 0.120. The molecule has 0 spiro atoms. The highest BCUT2D eigenvalue weighted by Crippen LogP contribution is 2.65. The molecule has 0 unspecified atom stereocenters. The third-order valence-corrected chi connectivity index (χ3v) is 6.77. The van der Waals surface area contributed by atoms with E-state index in [-0.39, 0.29) is 16.9 Å². The fraction of sp³-hybridized carbons (Fsp3) is 0.667. The number of halogens is 3. The van der Waals surface area contributed by atoms with E-state index in [1.807, 2.05) is 0 Å². The van der Waals surface area contributed by atoms with Crippen LogP contribution < -0.4 is 10.9 Å². The summed E-state index contributed by atoms with van der Waals surface area (Å²) in [7, 11) is 0. The van der Waals surface area contributed by atoms with Gasteiger partial charge in [0.05, 0.1) is 0 Å². The van der Waals surface area contributed by atoms with Gasteiger partial charge in [0.25, 0.3) is 5.56 Å². The summed E-state index contributed by atoms with van der Waals surface area (Å²) in [6.45, 7) is 6.20. The van der Waals surface area contributed by atoms with Gasteiger partial charge in [0.2, 0.25) is 5.91 Å². The van der Waals surface area contributed by atoms with Gasteiger partial charge < -0.3 is 9.88 Å². The van der Waals surface area contributed by atoms with Crippen molar-refractivity contribution in [3.63, 3.8) is 0 Å². The van der Waals surface area contributed by atoms with Gasteiger partial charge in [-0.05, 0) is 48.1 Å². The zero-order valence-electron chi connectivity index (χ0n) is 14.6. The van der Waals surface area contributed by atoms with Crippen LogP contribution in [0.5, 0.6) is 0 Å². The van der Waals surface area contributed by atoms with Crippen LogP contribution in [0.2, 0.25) is 0 Å². The number of alkyl halides is 3. The van der Waals surface area contributed by atoms with Crippen molar-refractivity contribution in [2.24, 2.45) is 16.7 Å². The number of carbonyl (C=O) groups excluding carboxylic acids is 1. The van der Waals surface area contributed by atoms with E-state index in [1.165, 1.54) is 6.20 Å². The zero-order valence-corrected chi connectivity index (χ0v) is 14.6. The lowest BCUT2D eigenvalue weighted by molar-refractivity contribution is -0.139. The van der Waals surface area contributed by atoms with Gasteiger partial charge in [-0.1, -0.05) is 20.8 Å². The number of nitrogens with one attached hydrogen (secondary N) is 1. The van der Waals surface area contributed by atoms with Gasteiger partial charge in [0.15, 0.2) is 0 Å². The summed E-state index contributed by atoms with van der Waals surface area (Å²) in [5.41, 5.74) is -2.34. The van der Waals surface area contributed by atoms with E-state index in [1.54, 1.807) is 0 Å². The first kappa shape index (κ1) is 18.0. The Morgan fingerprint density at radius 1 is 1.36 bits per heavy atom. The Bertz CT molecular complexity index is 753. The van der Waals surface area contributed by atoms with Crippen LogP contribution >= 0.6 is 0 Å². The molecule has 1 aromatic rings. The van der Waals surface area contributed by atoms with Crippen LogP contribution in [0.25, 0.3) is 0 Å². The number of aromatic nitrogens is 1. The molecule has 3 rings (SSSR count). The topological polar surface area (TPSA) is 51.1 Å². The number of fused-ring (bicyclic) bond motifs is 2. The van der Waals surface area contributed by atoms with E-state index < -0.39 is 29.8 Å². The minimum atomic E-state index is -4.72. The van der Waals surface area contributed by atoms with Crippen LogP contribution in [0.3, 0.4) is 0 Å². The smallest absolute Gasteiger partial charge is 0.351 e. The molecular formula is C18H23F3N2O2. The van der Waals surface area contributed by atoms with Gasteiger partial charge in [0.1, 0.15) is 12.1 Å². The largest absolute Gasteiger partial charge is 0.421 e. The highest BCUT2D eigenvalue weighted by molar-refractivity contribution is 5.76. The zero-order chi connectivity index (χ0) is 18.6. The highest BCUT2D eigenvalue weighted by Gasteiger charge is 2.61. The minimum Gasteiger partial charge on any atom is -0.351 e. The quantitative estimate of drug-likeness (QED) is 0.904. The number of carbonyl (C=O) groups is 1. The molecule has 0 aliphatic heterocycles. The average molecular weight is 356 g/mol. The molecule has 138 valence electrons. The van der Waals surface area contributed by atoms with Crippen LogP contribution in [-0.2, 0) is 17.5 Å². The van der Waals surface area contributed by atoms with Crippen molar-refractivity contribution in [1.82, 2.24) is 9.88 Å². The maximum absolute atomic E-state index is 12.8. The molecule has 25 heavy (non-hydrogen) atoms. The SMILES string of the molecule is CC1(C)[C@H]2CC[C@@]1(C)[C@H](NC(=O)Cn1cccc(C(F)(F)F)c1=O)C2. The van der Waals surface area contributed by atoms with Gasteiger partial charge in [-0.15, -0.1) is 0 Å². The number of amides is 1. The Balaban J connectivity index is 1.74. The lowest BCUT2D eigenvalue weighted by Gasteiger charge is -2.39. The van der Waals surface area contributed by atoms with Crippen molar-refractivity contribution in [3.8, 4) is 0 Å². The molecule has 1 amide bonds. The number of nitrogens with zero attached hydrogens (tertiary/aromatic N) is 1. The van der Waals surface area contributed by atoms with Gasteiger partial charge in [-0.25, -0.2) is 0 Å². The monoisotopic (exact) mass is 356 g/mol. The molecule has 3 atom stereocenters. The molecular weight excluding hydrogens is 333 g/mol. The molecule has 1 heterocycles. The molecule has 1 N–H and O–H groups in total. The fourth-order valence-corrected chi connectivity index (χ4v) is 4.69. The molecule has 0 saturated heterocycles. The van der Waals surface area contributed by atoms with E-state index in [2.05, 4.69) is 26.1 Å². The van der Waals surface area contributed by atoms with Gasteiger partial charge in [-0.3, -0.25) is 9.59 Å². The second-order valence-electron chi connectivity index (χ2n) is 8.08. The predicted molar refractivity (Wildman–Crippen MR) is 86.9 cm³/mol. The first-order valence-electron chi connectivity index (χ1n) is 8.53. The van der Waals surface area contributed by atoms with Crippen molar-refractivity contribution < 1.29 is 18.0 Å². The van der Waals surface area contributed by atoms with Crippen molar-refractivity contribution in [2.45, 2.75) is 58.8 Å². The van der Waals surface area contributed by atoms with Gasteiger partial charge >= 0.3 is 6.18 Å². The molecule has 7 heteroatoms. The molecule has 2 aliphatic carbocycles. The Morgan fingerprint density at radius 2 is 2.04 bits per heavy atom. The third-order valence-electron chi connectivity index (χ3n) is 6.77. The van der Waals surface area contributed by atoms with E-state index in [4.69, 9.17) is 0 Å². The van der Waals surface area contributed by atoms with Crippen LogP contribution in [0.15, 0.2) is 23.1 Å². The van der Waals surface area contributed by atoms with Gasteiger partial charge in [-0.2, -0.15) is 13.2 Å². The van der Waals surface area contributed by atoms with E-state index >= 15 is 0 Å². The average Bonchev–Trinajstić information content (AvgIpc) is 2.81. The molecule has 2 aliphatic rings. The Kier molecular flexibility index (Phi) is 4.04. The maximum atomic E-state index is 12.8. The van der Waals surface area contributed by atoms with Crippen molar-refractivity contribution >= 4 is 5.91 Å². The van der Waals surface area contributed by atoms with E-state index in [0.29, 0.717) is 5.92 Å². The predicted octanol–water partition coefficient (Wildman–Crippen LogP) is 3.20. The first-order chi connectivity index (χ1) is 11.5. The molecule has 2 bridgehead atoms. The fourth-order valence-electron chi connectivity index (χ4n) is 4.69. The van der Waals surface area contributed by atoms with Crippen LogP contribution in [0.1, 0.15) is 45.6 Å². The van der Waals surface area contributed by atoms with E-state index in [0.717, 1.165) is 36.0 Å². The lowest BCUT2D eigenvalue weighted by Crippen LogP contribution is -2.48. The maximum Gasteiger partial charge on any atom is 0.421 e. The Hall–Kier alpha value is -1.79. The summed E-state index contributed by atoms with van der Waals surface area (Å²) in [5, 5.41) is 2.96. The second kappa shape index (κ2) is 5.61. The van der Waals surface area contributed by atoms with Crippen LogP contribution in [0.4, 0.5) is 13.2 Å². The van der Waals surface area contributed by atoms with Crippen LogP contribution in [0, 0.1) is 16.7 Å².